The molecule has 0 saturated heterocycles. The first-order valence-electron chi connectivity index (χ1n) is 10.6. The van der Waals surface area contributed by atoms with Gasteiger partial charge in [-0.05, 0) is 55.7 Å². The van der Waals surface area contributed by atoms with Crippen molar-refractivity contribution in [3.05, 3.63) is 50.1 Å². The Hall–Kier alpha value is -2.12. The first kappa shape index (κ1) is 21.1. The van der Waals surface area contributed by atoms with Gasteiger partial charge in [-0.25, -0.2) is 4.98 Å². The van der Waals surface area contributed by atoms with Crippen LogP contribution in [0.3, 0.4) is 0 Å². The fourth-order valence-corrected chi connectivity index (χ4v) is 6.22. The van der Waals surface area contributed by atoms with E-state index in [0.29, 0.717) is 11.7 Å². The van der Waals surface area contributed by atoms with Crippen LogP contribution in [0.4, 0.5) is 5.69 Å². The number of thiophene rings is 1. The van der Waals surface area contributed by atoms with E-state index in [0.717, 1.165) is 59.1 Å². The van der Waals surface area contributed by atoms with E-state index in [1.807, 2.05) is 25.1 Å². The van der Waals surface area contributed by atoms with E-state index in [2.05, 4.69) is 19.2 Å². The first-order chi connectivity index (χ1) is 14.5. The van der Waals surface area contributed by atoms with Crippen molar-refractivity contribution < 1.29 is 4.79 Å². The Kier molecular flexibility index (Phi) is 6.29. The zero-order chi connectivity index (χ0) is 21.3. The number of rotatable bonds is 7. The van der Waals surface area contributed by atoms with Gasteiger partial charge < -0.3 is 5.32 Å². The molecule has 0 atom stereocenters. The molecule has 0 bridgehead atoms. The van der Waals surface area contributed by atoms with Crippen LogP contribution in [-0.2, 0) is 30.6 Å². The SMILES string of the molecule is CCCn1c(SCC(=O)Nc2c(C)cccc2CC)nc2sc3c(c2c1=O)CCC3. The van der Waals surface area contributed by atoms with E-state index in [1.54, 1.807) is 15.9 Å². The molecule has 30 heavy (non-hydrogen) atoms. The number of benzene rings is 1. The Morgan fingerprint density at radius 2 is 2.13 bits per heavy atom. The number of fused-ring (bicyclic) bond motifs is 3. The number of carbonyl (C=O) groups is 1. The number of nitrogens with zero attached hydrogens (tertiary/aromatic N) is 2. The molecule has 2 heterocycles. The number of para-hydroxylation sites is 1. The summed E-state index contributed by atoms with van der Waals surface area (Å²) in [5.74, 6) is 0.152. The monoisotopic (exact) mass is 441 g/mol. The number of aryl methyl sites for hydroxylation is 4. The molecule has 1 N–H and O–H groups in total. The largest absolute Gasteiger partial charge is 0.325 e. The molecule has 5 nitrogen and oxygen atoms in total. The highest BCUT2D eigenvalue weighted by molar-refractivity contribution is 7.99. The maximum Gasteiger partial charge on any atom is 0.263 e. The number of hydrogen-bond acceptors (Lipinski definition) is 5. The van der Waals surface area contributed by atoms with E-state index >= 15 is 0 Å². The summed E-state index contributed by atoms with van der Waals surface area (Å²) >= 11 is 3.00. The van der Waals surface area contributed by atoms with Crippen LogP contribution in [-0.4, -0.2) is 21.2 Å². The molecule has 4 rings (SSSR count). The van der Waals surface area contributed by atoms with Gasteiger partial charge in [0.2, 0.25) is 5.91 Å². The highest BCUT2D eigenvalue weighted by Gasteiger charge is 2.23. The highest BCUT2D eigenvalue weighted by Crippen LogP contribution is 2.35. The number of anilines is 1. The Morgan fingerprint density at radius 1 is 1.30 bits per heavy atom. The second kappa shape index (κ2) is 8.94. The van der Waals surface area contributed by atoms with Gasteiger partial charge in [-0.1, -0.05) is 43.8 Å². The van der Waals surface area contributed by atoms with Crippen molar-refractivity contribution in [2.75, 3.05) is 11.1 Å². The van der Waals surface area contributed by atoms with Crippen molar-refractivity contribution >= 4 is 44.9 Å². The molecule has 1 aliphatic rings. The second-order valence-corrected chi connectivity index (χ2v) is 9.71. The molecule has 0 unspecified atom stereocenters. The summed E-state index contributed by atoms with van der Waals surface area (Å²) in [6.45, 7) is 6.76. The van der Waals surface area contributed by atoms with Gasteiger partial charge in [-0.15, -0.1) is 11.3 Å². The molecule has 3 aromatic rings. The van der Waals surface area contributed by atoms with Crippen molar-refractivity contribution in [3.8, 4) is 0 Å². The minimum absolute atomic E-state index is 0.0522. The zero-order valence-electron chi connectivity index (χ0n) is 17.7. The van der Waals surface area contributed by atoms with Crippen molar-refractivity contribution in [1.82, 2.24) is 9.55 Å². The minimum atomic E-state index is -0.0740. The molecule has 0 aliphatic heterocycles. The lowest BCUT2D eigenvalue weighted by molar-refractivity contribution is -0.113. The molecular formula is C23H27N3O2S2. The van der Waals surface area contributed by atoms with E-state index in [1.165, 1.54) is 22.2 Å². The van der Waals surface area contributed by atoms with Crippen LogP contribution in [0.1, 0.15) is 48.3 Å². The lowest BCUT2D eigenvalue weighted by Gasteiger charge is -2.14. The number of carbonyl (C=O) groups excluding carboxylic acids is 1. The number of amides is 1. The number of hydrogen-bond donors (Lipinski definition) is 1. The van der Waals surface area contributed by atoms with Crippen LogP contribution in [0.5, 0.6) is 0 Å². The predicted octanol–water partition coefficient (Wildman–Crippen LogP) is 4.96. The van der Waals surface area contributed by atoms with E-state index in [-0.39, 0.29) is 17.2 Å². The molecule has 0 fully saturated rings. The van der Waals surface area contributed by atoms with E-state index < -0.39 is 0 Å². The van der Waals surface area contributed by atoms with Gasteiger partial charge in [-0.2, -0.15) is 0 Å². The molecule has 158 valence electrons. The smallest absolute Gasteiger partial charge is 0.263 e. The second-order valence-electron chi connectivity index (χ2n) is 7.69. The third-order valence-electron chi connectivity index (χ3n) is 5.57. The lowest BCUT2D eigenvalue weighted by Crippen LogP contribution is -2.24. The molecular weight excluding hydrogens is 414 g/mol. The Bertz CT molecular complexity index is 1160. The van der Waals surface area contributed by atoms with Gasteiger partial charge in [0.15, 0.2) is 5.16 Å². The molecule has 1 aliphatic carbocycles. The number of thioether (sulfide) groups is 1. The van der Waals surface area contributed by atoms with Crippen LogP contribution in [0.2, 0.25) is 0 Å². The lowest BCUT2D eigenvalue weighted by atomic mass is 10.1. The van der Waals surface area contributed by atoms with E-state index in [4.69, 9.17) is 4.98 Å². The van der Waals surface area contributed by atoms with Crippen LogP contribution < -0.4 is 10.9 Å². The maximum absolute atomic E-state index is 13.2. The average molecular weight is 442 g/mol. The molecule has 0 radical (unpaired) electrons. The summed E-state index contributed by atoms with van der Waals surface area (Å²) in [6, 6.07) is 6.06. The van der Waals surface area contributed by atoms with Gasteiger partial charge in [0.05, 0.1) is 11.1 Å². The Morgan fingerprint density at radius 3 is 2.90 bits per heavy atom. The quantitative estimate of drug-likeness (QED) is 0.416. The summed E-state index contributed by atoms with van der Waals surface area (Å²) in [7, 11) is 0. The van der Waals surface area contributed by atoms with Gasteiger partial charge in [-0.3, -0.25) is 14.2 Å². The zero-order valence-corrected chi connectivity index (χ0v) is 19.3. The topological polar surface area (TPSA) is 64.0 Å². The summed E-state index contributed by atoms with van der Waals surface area (Å²) in [4.78, 5) is 32.9. The van der Waals surface area contributed by atoms with Gasteiger partial charge in [0.25, 0.3) is 5.56 Å². The summed E-state index contributed by atoms with van der Waals surface area (Å²) < 4.78 is 1.76. The maximum atomic E-state index is 13.2. The molecule has 1 amide bonds. The molecule has 1 aromatic carbocycles. The molecule has 0 spiro atoms. The molecule has 0 saturated carbocycles. The molecule has 7 heteroatoms. The van der Waals surface area contributed by atoms with Gasteiger partial charge in [0.1, 0.15) is 4.83 Å². The van der Waals surface area contributed by atoms with Crippen LogP contribution in [0, 0.1) is 6.92 Å². The van der Waals surface area contributed by atoms with Crippen molar-refractivity contribution in [1.29, 1.82) is 0 Å². The van der Waals surface area contributed by atoms with Crippen molar-refractivity contribution in [3.63, 3.8) is 0 Å². The third-order valence-corrected chi connectivity index (χ3v) is 7.74. The normalized spacial score (nSPS) is 13.0. The summed E-state index contributed by atoms with van der Waals surface area (Å²) in [5, 5.41) is 4.51. The highest BCUT2D eigenvalue weighted by atomic mass is 32.2. The number of aromatic nitrogens is 2. The van der Waals surface area contributed by atoms with Crippen LogP contribution in [0.15, 0.2) is 28.2 Å². The third kappa shape index (κ3) is 3.93. The van der Waals surface area contributed by atoms with Crippen LogP contribution >= 0.6 is 23.1 Å². The fraction of sp³-hybridized carbons (Fsp3) is 0.435. The fourth-order valence-electron chi connectivity index (χ4n) is 4.10. The average Bonchev–Trinajstić information content (AvgIpc) is 3.31. The Balaban J connectivity index is 1.59. The van der Waals surface area contributed by atoms with E-state index in [9.17, 15) is 9.59 Å². The summed E-state index contributed by atoms with van der Waals surface area (Å²) in [5.41, 5.74) is 4.34. The standard InChI is InChI=1S/C23H27N3O2S2/c1-4-12-26-22(28)19-16-10-7-11-17(16)30-21(19)25-23(26)29-13-18(27)24-20-14(3)8-6-9-15(20)5-2/h6,8-9H,4-5,7,10-13H2,1-3H3,(H,24,27). The predicted molar refractivity (Wildman–Crippen MR) is 126 cm³/mol. The van der Waals surface area contributed by atoms with Gasteiger partial charge >= 0.3 is 0 Å². The van der Waals surface area contributed by atoms with Crippen LogP contribution in [0.25, 0.3) is 10.2 Å². The van der Waals surface area contributed by atoms with Crippen molar-refractivity contribution in [2.24, 2.45) is 0 Å². The molecule has 2 aromatic heterocycles. The number of nitrogens with one attached hydrogen (secondary N) is 1. The van der Waals surface area contributed by atoms with Gasteiger partial charge in [0, 0.05) is 17.1 Å². The summed E-state index contributed by atoms with van der Waals surface area (Å²) in [6.07, 6.45) is 4.86. The first-order valence-corrected chi connectivity index (χ1v) is 12.4. The Labute approximate surface area is 184 Å². The van der Waals surface area contributed by atoms with Crippen molar-refractivity contribution in [2.45, 2.75) is 64.6 Å². The minimum Gasteiger partial charge on any atom is -0.325 e.